The average molecular weight is 255 g/mol. The molecule has 1 nitrogen and oxygen atoms in total. The zero-order valence-electron chi connectivity index (χ0n) is 9.72. The molecule has 92 valence electrons. The van der Waals surface area contributed by atoms with E-state index < -0.39 is 0 Å². The summed E-state index contributed by atoms with van der Waals surface area (Å²) in [4.78, 5) is 11.9. The fraction of sp³-hybridized carbons (Fsp3) is 0.500. The first-order valence-corrected chi connectivity index (χ1v) is 6.52. The highest BCUT2D eigenvalue weighted by Gasteiger charge is 2.22. The van der Waals surface area contributed by atoms with E-state index in [0.29, 0.717) is 23.4 Å². The maximum atomic E-state index is 13.5. The molecule has 0 aromatic heterocycles. The third-order valence-electron chi connectivity index (χ3n) is 3.49. The van der Waals surface area contributed by atoms with E-state index >= 15 is 0 Å². The minimum Gasteiger partial charge on any atom is -0.299 e. The smallest absolute Gasteiger partial charge is 0.136 e. The lowest BCUT2D eigenvalue weighted by Crippen LogP contribution is -2.11. The topological polar surface area (TPSA) is 17.1 Å². The Hall–Kier alpha value is -0.890. The third kappa shape index (κ3) is 3.06. The zero-order valence-corrected chi connectivity index (χ0v) is 10.5. The summed E-state index contributed by atoms with van der Waals surface area (Å²) in [5.41, 5.74) is 0.473. The molecule has 0 aliphatic heterocycles. The fourth-order valence-electron chi connectivity index (χ4n) is 2.47. The molecule has 1 aromatic rings. The van der Waals surface area contributed by atoms with Gasteiger partial charge in [-0.1, -0.05) is 30.5 Å². The van der Waals surface area contributed by atoms with Crippen molar-refractivity contribution in [3.8, 4) is 0 Å². The van der Waals surface area contributed by atoms with Crippen LogP contribution in [0, 0.1) is 11.7 Å². The van der Waals surface area contributed by atoms with Gasteiger partial charge in [-0.3, -0.25) is 4.79 Å². The van der Waals surface area contributed by atoms with Crippen LogP contribution < -0.4 is 0 Å². The van der Waals surface area contributed by atoms with Crippen LogP contribution in [0.2, 0.25) is 5.02 Å². The molecule has 1 aliphatic rings. The maximum Gasteiger partial charge on any atom is 0.136 e. The van der Waals surface area contributed by atoms with Crippen molar-refractivity contribution >= 4 is 17.4 Å². The van der Waals surface area contributed by atoms with Crippen LogP contribution in [0.15, 0.2) is 18.2 Å². The van der Waals surface area contributed by atoms with E-state index in [4.69, 9.17) is 11.6 Å². The number of Topliss-reactive ketones (excluding diaryl/α,β-unsaturated/α-hetero) is 1. The molecule has 0 unspecified atom stereocenters. The molecule has 1 saturated carbocycles. The number of hydrogen-bond donors (Lipinski definition) is 0. The number of ketones is 1. The van der Waals surface area contributed by atoms with E-state index in [9.17, 15) is 9.18 Å². The van der Waals surface area contributed by atoms with Gasteiger partial charge in [-0.2, -0.15) is 0 Å². The number of halogens is 2. The van der Waals surface area contributed by atoms with Crippen molar-refractivity contribution in [2.24, 2.45) is 5.92 Å². The van der Waals surface area contributed by atoms with Gasteiger partial charge in [-0.15, -0.1) is 0 Å². The molecule has 0 bridgehead atoms. The minimum absolute atomic E-state index is 0.209. The standard InChI is InChI=1S/C14H16ClFO/c15-12-6-3-7-13(16)11(12)8-9-14(17)10-4-1-2-5-10/h3,6-7,10H,1-2,4-5,8-9H2. The Balaban J connectivity index is 1.95. The van der Waals surface area contributed by atoms with Gasteiger partial charge in [0.1, 0.15) is 11.6 Å². The van der Waals surface area contributed by atoms with Crippen LogP contribution in [0.5, 0.6) is 0 Å². The van der Waals surface area contributed by atoms with Crippen molar-refractivity contribution in [2.45, 2.75) is 38.5 Å². The van der Waals surface area contributed by atoms with Crippen LogP contribution in [0.25, 0.3) is 0 Å². The summed E-state index contributed by atoms with van der Waals surface area (Å²) in [5.74, 6) is 0.166. The van der Waals surface area contributed by atoms with E-state index in [0.717, 1.165) is 25.7 Å². The Bertz CT molecular complexity index is 390. The highest BCUT2D eigenvalue weighted by atomic mass is 35.5. The predicted molar refractivity (Wildman–Crippen MR) is 66.7 cm³/mol. The van der Waals surface area contributed by atoms with Gasteiger partial charge >= 0.3 is 0 Å². The van der Waals surface area contributed by atoms with Crippen molar-refractivity contribution in [3.63, 3.8) is 0 Å². The lowest BCUT2D eigenvalue weighted by atomic mass is 9.96. The van der Waals surface area contributed by atoms with Crippen LogP contribution >= 0.6 is 11.6 Å². The van der Waals surface area contributed by atoms with Crippen LogP contribution in [0.3, 0.4) is 0 Å². The number of carbonyl (C=O) groups is 1. The second-order valence-electron chi connectivity index (χ2n) is 4.65. The Labute approximate surface area is 106 Å². The number of hydrogen-bond acceptors (Lipinski definition) is 1. The van der Waals surface area contributed by atoms with Crippen molar-refractivity contribution in [1.29, 1.82) is 0 Å². The van der Waals surface area contributed by atoms with E-state index in [1.54, 1.807) is 12.1 Å². The molecule has 0 spiro atoms. The van der Waals surface area contributed by atoms with Crippen LogP contribution in [-0.2, 0) is 11.2 Å². The quantitative estimate of drug-likeness (QED) is 0.788. The average Bonchev–Trinajstić information content (AvgIpc) is 2.81. The Morgan fingerprint density at radius 3 is 2.71 bits per heavy atom. The normalized spacial score (nSPS) is 16.4. The summed E-state index contributed by atoms with van der Waals surface area (Å²) in [5, 5.41) is 0.421. The first-order valence-electron chi connectivity index (χ1n) is 6.14. The Morgan fingerprint density at radius 2 is 2.06 bits per heavy atom. The highest BCUT2D eigenvalue weighted by Crippen LogP contribution is 2.28. The van der Waals surface area contributed by atoms with Gasteiger partial charge in [0, 0.05) is 22.9 Å². The molecule has 1 fully saturated rings. The van der Waals surface area contributed by atoms with Crippen LogP contribution in [0.1, 0.15) is 37.7 Å². The third-order valence-corrected chi connectivity index (χ3v) is 3.85. The predicted octanol–water partition coefficient (Wildman–Crippen LogP) is 4.17. The van der Waals surface area contributed by atoms with Gasteiger partial charge in [0.2, 0.25) is 0 Å². The molecule has 0 saturated heterocycles. The summed E-state index contributed by atoms with van der Waals surface area (Å²) in [6.07, 6.45) is 5.13. The summed E-state index contributed by atoms with van der Waals surface area (Å²) >= 11 is 5.92. The van der Waals surface area contributed by atoms with Crippen molar-refractivity contribution in [2.75, 3.05) is 0 Å². The van der Waals surface area contributed by atoms with Gasteiger partial charge in [0.15, 0.2) is 0 Å². The SMILES string of the molecule is O=C(CCc1c(F)cccc1Cl)C1CCCC1. The van der Waals surface area contributed by atoms with E-state index in [1.165, 1.54) is 6.07 Å². The van der Waals surface area contributed by atoms with Crippen molar-refractivity contribution in [3.05, 3.63) is 34.6 Å². The number of carbonyl (C=O) groups excluding carboxylic acids is 1. The zero-order chi connectivity index (χ0) is 12.3. The van der Waals surface area contributed by atoms with Gasteiger partial charge < -0.3 is 0 Å². The molecular formula is C14H16ClFO. The molecule has 1 aromatic carbocycles. The number of benzene rings is 1. The largest absolute Gasteiger partial charge is 0.299 e. The summed E-state index contributed by atoms with van der Waals surface area (Å²) in [6, 6.07) is 4.64. The molecule has 0 atom stereocenters. The first kappa shape index (κ1) is 12.6. The maximum absolute atomic E-state index is 13.5. The van der Waals surface area contributed by atoms with Crippen molar-refractivity contribution < 1.29 is 9.18 Å². The lowest BCUT2D eigenvalue weighted by molar-refractivity contribution is -0.122. The Morgan fingerprint density at radius 1 is 1.35 bits per heavy atom. The molecule has 17 heavy (non-hydrogen) atoms. The molecular weight excluding hydrogens is 239 g/mol. The van der Waals surface area contributed by atoms with Crippen LogP contribution in [0.4, 0.5) is 4.39 Å². The number of rotatable bonds is 4. The fourth-order valence-corrected chi connectivity index (χ4v) is 2.73. The van der Waals surface area contributed by atoms with Gasteiger partial charge in [-0.05, 0) is 31.4 Å². The van der Waals surface area contributed by atoms with E-state index in [-0.39, 0.29) is 17.5 Å². The van der Waals surface area contributed by atoms with Crippen molar-refractivity contribution in [1.82, 2.24) is 0 Å². The van der Waals surface area contributed by atoms with Gasteiger partial charge in [0.05, 0.1) is 0 Å². The van der Waals surface area contributed by atoms with Gasteiger partial charge in [-0.25, -0.2) is 4.39 Å². The highest BCUT2D eigenvalue weighted by molar-refractivity contribution is 6.31. The lowest BCUT2D eigenvalue weighted by Gasteiger charge is -2.09. The minimum atomic E-state index is -0.309. The second kappa shape index (κ2) is 5.63. The summed E-state index contributed by atoms with van der Waals surface area (Å²) < 4.78 is 13.5. The molecule has 2 rings (SSSR count). The van der Waals surface area contributed by atoms with Crippen LogP contribution in [-0.4, -0.2) is 5.78 Å². The summed E-state index contributed by atoms with van der Waals surface area (Å²) in [7, 11) is 0. The molecule has 3 heteroatoms. The molecule has 1 aliphatic carbocycles. The second-order valence-corrected chi connectivity index (χ2v) is 5.06. The van der Waals surface area contributed by atoms with E-state index in [1.807, 2.05) is 0 Å². The van der Waals surface area contributed by atoms with Gasteiger partial charge in [0.25, 0.3) is 0 Å². The molecule has 0 N–H and O–H groups in total. The molecule has 0 heterocycles. The molecule has 0 amide bonds. The molecule has 0 radical (unpaired) electrons. The monoisotopic (exact) mass is 254 g/mol. The first-order chi connectivity index (χ1) is 8.18. The summed E-state index contributed by atoms with van der Waals surface area (Å²) in [6.45, 7) is 0. The Kier molecular flexibility index (Phi) is 4.16. The van der Waals surface area contributed by atoms with E-state index in [2.05, 4.69) is 0 Å².